The zero-order valence-electron chi connectivity index (χ0n) is 18.9. The van der Waals surface area contributed by atoms with Gasteiger partial charge in [-0.25, -0.2) is 0 Å². The summed E-state index contributed by atoms with van der Waals surface area (Å²) in [5.41, 5.74) is 4.62. The number of rotatable bonds is 5. The predicted molar refractivity (Wildman–Crippen MR) is 138 cm³/mol. The fraction of sp³-hybridized carbons (Fsp3) is 0.259. The lowest BCUT2D eigenvalue weighted by molar-refractivity contribution is -0.116. The molecule has 3 aromatic rings. The molecular weight excluding hydrogens is 452 g/mol. The second-order valence-corrected chi connectivity index (χ2v) is 10.6. The standard InChI is InChI=1S/C27H27ClN2O2S/c1-27(2,3)20-11-15-22(16-12-20)30-23(31)17-33-26(30)19-9-13-21(14-10-19)29-25(32)24(28)18-7-5-4-6-8-18/h4-16,24,26H,17H2,1-3H3,(H,29,32). The summed E-state index contributed by atoms with van der Waals surface area (Å²) in [6.45, 7) is 6.52. The van der Waals surface area contributed by atoms with Crippen molar-refractivity contribution in [3.05, 3.63) is 95.6 Å². The first-order chi connectivity index (χ1) is 15.7. The van der Waals surface area contributed by atoms with Crippen LogP contribution in [0.3, 0.4) is 0 Å². The van der Waals surface area contributed by atoms with E-state index in [0.29, 0.717) is 11.4 Å². The van der Waals surface area contributed by atoms with Gasteiger partial charge in [-0.1, -0.05) is 75.4 Å². The molecular formula is C27H27ClN2O2S. The van der Waals surface area contributed by atoms with Gasteiger partial charge < -0.3 is 5.32 Å². The Balaban J connectivity index is 1.48. The molecule has 2 amide bonds. The van der Waals surface area contributed by atoms with Gasteiger partial charge in [-0.2, -0.15) is 0 Å². The summed E-state index contributed by atoms with van der Waals surface area (Å²) in [6.07, 6.45) is 0. The summed E-state index contributed by atoms with van der Waals surface area (Å²) >= 11 is 7.93. The van der Waals surface area contributed by atoms with Crippen LogP contribution in [0.15, 0.2) is 78.9 Å². The van der Waals surface area contributed by atoms with E-state index in [0.717, 1.165) is 16.8 Å². The third-order valence-corrected chi connectivity index (χ3v) is 7.33. The van der Waals surface area contributed by atoms with Gasteiger partial charge in [-0.05, 0) is 46.4 Å². The summed E-state index contributed by atoms with van der Waals surface area (Å²) < 4.78 is 0. The van der Waals surface area contributed by atoms with Crippen LogP contribution in [0, 0.1) is 0 Å². The van der Waals surface area contributed by atoms with Gasteiger partial charge in [0.05, 0.1) is 5.75 Å². The van der Waals surface area contributed by atoms with Crippen molar-refractivity contribution in [3.8, 4) is 0 Å². The first-order valence-electron chi connectivity index (χ1n) is 10.9. The lowest BCUT2D eigenvalue weighted by Gasteiger charge is -2.26. The highest BCUT2D eigenvalue weighted by Crippen LogP contribution is 2.42. The first-order valence-corrected chi connectivity index (χ1v) is 12.4. The third kappa shape index (κ3) is 5.26. The number of thioether (sulfide) groups is 1. The maximum atomic E-state index is 12.7. The minimum atomic E-state index is -0.763. The van der Waals surface area contributed by atoms with Gasteiger partial charge in [0.25, 0.3) is 0 Å². The van der Waals surface area contributed by atoms with Crippen LogP contribution in [0.2, 0.25) is 0 Å². The highest BCUT2D eigenvalue weighted by molar-refractivity contribution is 8.00. The first kappa shape index (κ1) is 23.4. The minimum Gasteiger partial charge on any atom is -0.325 e. The second-order valence-electron chi connectivity index (χ2n) is 9.11. The SMILES string of the molecule is CC(C)(C)c1ccc(N2C(=O)CSC2c2ccc(NC(=O)C(Cl)c3ccccc3)cc2)cc1. The third-order valence-electron chi connectivity index (χ3n) is 5.67. The van der Waals surface area contributed by atoms with E-state index in [1.165, 1.54) is 5.56 Å². The molecule has 4 nitrogen and oxygen atoms in total. The molecule has 4 rings (SSSR count). The van der Waals surface area contributed by atoms with Crippen molar-refractivity contribution >= 4 is 46.6 Å². The number of carbonyl (C=O) groups excluding carboxylic acids is 2. The quantitative estimate of drug-likeness (QED) is 0.416. The number of amides is 2. The van der Waals surface area contributed by atoms with Crippen molar-refractivity contribution in [1.29, 1.82) is 0 Å². The lowest BCUT2D eigenvalue weighted by atomic mass is 9.87. The average molecular weight is 479 g/mol. The molecule has 3 aromatic carbocycles. The molecule has 2 unspecified atom stereocenters. The number of benzene rings is 3. The largest absolute Gasteiger partial charge is 0.325 e. The van der Waals surface area contributed by atoms with Gasteiger partial charge in [0.1, 0.15) is 10.8 Å². The van der Waals surface area contributed by atoms with E-state index in [2.05, 4.69) is 38.2 Å². The summed E-state index contributed by atoms with van der Waals surface area (Å²) in [5.74, 6) is 0.259. The molecule has 0 aromatic heterocycles. The number of nitrogens with zero attached hydrogens (tertiary/aromatic N) is 1. The van der Waals surface area contributed by atoms with E-state index in [-0.39, 0.29) is 22.6 Å². The van der Waals surface area contributed by atoms with Crippen LogP contribution >= 0.6 is 23.4 Å². The Labute approximate surface area is 204 Å². The van der Waals surface area contributed by atoms with E-state index < -0.39 is 5.38 Å². The number of halogens is 1. The fourth-order valence-corrected chi connectivity index (χ4v) is 5.16. The highest BCUT2D eigenvalue weighted by Gasteiger charge is 2.34. The molecule has 1 fully saturated rings. The zero-order chi connectivity index (χ0) is 23.6. The predicted octanol–water partition coefficient (Wildman–Crippen LogP) is 6.68. The molecule has 0 spiro atoms. The number of hydrogen-bond acceptors (Lipinski definition) is 3. The molecule has 33 heavy (non-hydrogen) atoms. The Morgan fingerprint density at radius 3 is 2.24 bits per heavy atom. The lowest BCUT2D eigenvalue weighted by Crippen LogP contribution is -2.28. The molecule has 2 atom stereocenters. The molecule has 6 heteroatoms. The Hall–Kier alpha value is -2.76. The number of alkyl halides is 1. The van der Waals surface area contributed by atoms with E-state index >= 15 is 0 Å². The molecule has 0 saturated carbocycles. The van der Waals surface area contributed by atoms with Gasteiger partial charge in [-0.15, -0.1) is 23.4 Å². The Kier molecular flexibility index (Phi) is 6.82. The molecule has 0 radical (unpaired) electrons. The van der Waals surface area contributed by atoms with Gasteiger partial charge in [0.15, 0.2) is 0 Å². The summed E-state index contributed by atoms with van der Waals surface area (Å²) in [7, 11) is 0. The van der Waals surface area contributed by atoms with Crippen LogP contribution in [0.25, 0.3) is 0 Å². The van der Waals surface area contributed by atoms with E-state index in [9.17, 15) is 9.59 Å². The van der Waals surface area contributed by atoms with Crippen molar-refractivity contribution in [2.45, 2.75) is 36.9 Å². The van der Waals surface area contributed by atoms with Crippen molar-refractivity contribution in [2.24, 2.45) is 0 Å². The Morgan fingerprint density at radius 1 is 1.00 bits per heavy atom. The number of carbonyl (C=O) groups is 2. The van der Waals surface area contributed by atoms with E-state index in [1.54, 1.807) is 11.8 Å². The van der Waals surface area contributed by atoms with Gasteiger partial charge in [-0.3, -0.25) is 14.5 Å². The molecule has 0 aliphatic carbocycles. The maximum absolute atomic E-state index is 12.7. The number of anilines is 2. The van der Waals surface area contributed by atoms with Crippen LogP contribution in [0.4, 0.5) is 11.4 Å². The van der Waals surface area contributed by atoms with Crippen LogP contribution in [-0.4, -0.2) is 17.6 Å². The van der Waals surface area contributed by atoms with Crippen molar-refractivity contribution in [1.82, 2.24) is 0 Å². The van der Waals surface area contributed by atoms with Gasteiger partial charge >= 0.3 is 0 Å². The molecule has 1 N–H and O–H groups in total. The van der Waals surface area contributed by atoms with E-state index in [1.807, 2.05) is 71.6 Å². The number of nitrogens with one attached hydrogen (secondary N) is 1. The highest BCUT2D eigenvalue weighted by atomic mass is 35.5. The molecule has 1 aliphatic rings. The van der Waals surface area contributed by atoms with Crippen LogP contribution < -0.4 is 10.2 Å². The normalized spacial score (nSPS) is 17.2. The van der Waals surface area contributed by atoms with Crippen LogP contribution in [0.5, 0.6) is 0 Å². The van der Waals surface area contributed by atoms with E-state index in [4.69, 9.17) is 11.6 Å². The topological polar surface area (TPSA) is 49.4 Å². The maximum Gasteiger partial charge on any atom is 0.246 e. The monoisotopic (exact) mass is 478 g/mol. The summed E-state index contributed by atoms with van der Waals surface area (Å²) in [6, 6.07) is 25.1. The van der Waals surface area contributed by atoms with Crippen molar-refractivity contribution in [3.63, 3.8) is 0 Å². The van der Waals surface area contributed by atoms with Crippen LogP contribution in [0.1, 0.15) is 48.2 Å². The molecule has 1 aliphatic heterocycles. The average Bonchev–Trinajstić information content (AvgIpc) is 3.20. The molecule has 1 heterocycles. The summed E-state index contributed by atoms with van der Waals surface area (Å²) in [4.78, 5) is 27.1. The van der Waals surface area contributed by atoms with Gasteiger partial charge in [0, 0.05) is 11.4 Å². The fourth-order valence-electron chi connectivity index (χ4n) is 3.78. The van der Waals surface area contributed by atoms with Crippen molar-refractivity contribution in [2.75, 3.05) is 16.0 Å². The molecule has 1 saturated heterocycles. The van der Waals surface area contributed by atoms with Gasteiger partial charge in [0.2, 0.25) is 11.8 Å². The molecule has 0 bridgehead atoms. The second kappa shape index (κ2) is 9.62. The zero-order valence-corrected chi connectivity index (χ0v) is 20.5. The minimum absolute atomic E-state index is 0.0600. The van der Waals surface area contributed by atoms with Crippen molar-refractivity contribution < 1.29 is 9.59 Å². The number of hydrogen-bond donors (Lipinski definition) is 1. The Morgan fingerprint density at radius 2 is 1.64 bits per heavy atom. The van der Waals surface area contributed by atoms with Crippen LogP contribution in [-0.2, 0) is 15.0 Å². The smallest absolute Gasteiger partial charge is 0.246 e. The summed E-state index contributed by atoms with van der Waals surface area (Å²) in [5, 5.41) is 2.00. The molecule has 170 valence electrons. The Bertz CT molecular complexity index is 1130.